The summed E-state index contributed by atoms with van der Waals surface area (Å²) in [7, 11) is 4.12. The van der Waals surface area contributed by atoms with Crippen molar-refractivity contribution in [2.24, 2.45) is 5.92 Å². The zero-order valence-electron chi connectivity index (χ0n) is 12.9. The summed E-state index contributed by atoms with van der Waals surface area (Å²) in [6.45, 7) is 8.89. The van der Waals surface area contributed by atoms with Crippen LogP contribution in [0.4, 0.5) is 5.69 Å². The second-order valence-corrected chi connectivity index (χ2v) is 5.79. The predicted molar refractivity (Wildman–Crippen MR) is 84.6 cm³/mol. The molecule has 0 amide bonds. The molecule has 1 saturated heterocycles. The highest BCUT2D eigenvalue weighted by Gasteiger charge is 2.16. The average molecular weight is 277 g/mol. The van der Waals surface area contributed by atoms with Crippen molar-refractivity contribution >= 4 is 5.69 Å². The Labute approximate surface area is 122 Å². The Morgan fingerprint density at radius 1 is 1.15 bits per heavy atom. The van der Waals surface area contributed by atoms with Crippen molar-refractivity contribution in [3.63, 3.8) is 0 Å². The Bertz CT molecular complexity index is 385. The second kappa shape index (κ2) is 7.50. The van der Waals surface area contributed by atoms with E-state index in [9.17, 15) is 0 Å². The first-order valence-corrected chi connectivity index (χ1v) is 7.49. The van der Waals surface area contributed by atoms with Gasteiger partial charge in [0, 0.05) is 51.4 Å². The Morgan fingerprint density at radius 2 is 1.80 bits per heavy atom. The molecule has 0 spiro atoms. The second-order valence-electron chi connectivity index (χ2n) is 5.79. The third-order valence-electron chi connectivity index (χ3n) is 3.84. The van der Waals surface area contributed by atoms with Crippen molar-refractivity contribution in [3.05, 3.63) is 24.3 Å². The Morgan fingerprint density at radius 3 is 2.40 bits per heavy atom. The highest BCUT2D eigenvalue weighted by atomic mass is 16.5. The maximum absolute atomic E-state index is 5.87. The van der Waals surface area contributed by atoms with Gasteiger partial charge in [-0.15, -0.1) is 0 Å². The van der Waals surface area contributed by atoms with E-state index in [0.717, 1.165) is 24.6 Å². The van der Waals surface area contributed by atoms with Crippen LogP contribution in [0.25, 0.3) is 0 Å². The molecule has 2 rings (SSSR count). The van der Waals surface area contributed by atoms with E-state index in [1.165, 1.54) is 26.2 Å². The highest BCUT2D eigenvalue weighted by molar-refractivity contribution is 5.45. The SMILES string of the molecule is CNc1ccc(OCC(C)CN2CCN(C)CC2)cc1. The van der Waals surface area contributed by atoms with Crippen LogP contribution in [0.15, 0.2) is 24.3 Å². The topological polar surface area (TPSA) is 27.7 Å². The molecule has 1 unspecified atom stereocenters. The summed E-state index contributed by atoms with van der Waals surface area (Å²) < 4.78 is 5.87. The van der Waals surface area contributed by atoms with Crippen LogP contribution in [0.1, 0.15) is 6.92 Å². The standard InChI is InChI=1S/C16H27N3O/c1-14(12-19-10-8-18(3)9-11-19)13-20-16-6-4-15(17-2)5-7-16/h4-7,14,17H,8-13H2,1-3H3. The van der Waals surface area contributed by atoms with E-state index in [1.54, 1.807) is 0 Å². The lowest BCUT2D eigenvalue weighted by molar-refractivity contribution is 0.123. The lowest BCUT2D eigenvalue weighted by Gasteiger charge is -2.33. The number of nitrogens with one attached hydrogen (secondary N) is 1. The minimum absolute atomic E-state index is 0.558. The minimum atomic E-state index is 0.558. The first-order valence-electron chi connectivity index (χ1n) is 7.49. The third kappa shape index (κ3) is 4.69. The van der Waals surface area contributed by atoms with Gasteiger partial charge in [0.25, 0.3) is 0 Å². The van der Waals surface area contributed by atoms with E-state index in [4.69, 9.17) is 4.74 Å². The summed E-state index contributed by atoms with van der Waals surface area (Å²) in [6, 6.07) is 8.13. The molecule has 0 saturated carbocycles. The highest BCUT2D eigenvalue weighted by Crippen LogP contribution is 2.16. The molecule has 20 heavy (non-hydrogen) atoms. The van der Waals surface area contributed by atoms with Crippen LogP contribution in [-0.4, -0.2) is 63.2 Å². The first-order chi connectivity index (χ1) is 9.67. The summed E-state index contributed by atoms with van der Waals surface area (Å²) in [5.74, 6) is 1.51. The number of benzene rings is 1. The smallest absolute Gasteiger partial charge is 0.119 e. The number of anilines is 1. The van der Waals surface area contributed by atoms with Gasteiger partial charge in [-0.2, -0.15) is 0 Å². The molecule has 1 aliphatic heterocycles. The van der Waals surface area contributed by atoms with E-state index < -0.39 is 0 Å². The van der Waals surface area contributed by atoms with Gasteiger partial charge in [-0.1, -0.05) is 6.92 Å². The van der Waals surface area contributed by atoms with Crippen LogP contribution >= 0.6 is 0 Å². The third-order valence-corrected chi connectivity index (χ3v) is 3.84. The van der Waals surface area contributed by atoms with E-state index >= 15 is 0 Å². The molecule has 0 bridgehead atoms. The van der Waals surface area contributed by atoms with Crippen LogP contribution in [0.5, 0.6) is 5.75 Å². The fourth-order valence-corrected chi connectivity index (χ4v) is 2.48. The summed E-state index contributed by atoms with van der Waals surface area (Å²) in [5.41, 5.74) is 1.11. The van der Waals surface area contributed by atoms with Crippen molar-refractivity contribution in [1.29, 1.82) is 0 Å². The normalized spacial score (nSPS) is 18.8. The zero-order valence-corrected chi connectivity index (χ0v) is 12.9. The van der Waals surface area contributed by atoms with Crippen LogP contribution in [0.3, 0.4) is 0 Å². The predicted octanol–water partition coefficient (Wildman–Crippen LogP) is 1.99. The molecule has 1 aliphatic rings. The number of hydrogen-bond acceptors (Lipinski definition) is 4. The lowest BCUT2D eigenvalue weighted by Crippen LogP contribution is -2.46. The molecule has 0 aromatic heterocycles. The number of piperazine rings is 1. The van der Waals surface area contributed by atoms with E-state index in [1.807, 2.05) is 31.3 Å². The Kier molecular flexibility index (Phi) is 5.68. The number of nitrogens with zero attached hydrogens (tertiary/aromatic N) is 2. The maximum atomic E-state index is 5.87. The summed E-state index contributed by atoms with van der Waals surface area (Å²) in [4.78, 5) is 4.93. The van der Waals surface area contributed by atoms with Gasteiger partial charge >= 0.3 is 0 Å². The molecule has 4 heteroatoms. The van der Waals surface area contributed by atoms with Crippen molar-refractivity contribution in [2.75, 3.05) is 58.7 Å². The summed E-state index contributed by atoms with van der Waals surface area (Å²) >= 11 is 0. The van der Waals surface area contributed by atoms with Gasteiger partial charge in [-0.05, 0) is 31.3 Å². The molecule has 0 aliphatic carbocycles. The Balaban J connectivity index is 1.70. The van der Waals surface area contributed by atoms with Crippen LogP contribution in [0.2, 0.25) is 0 Å². The van der Waals surface area contributed by atoms with Gasteiger partial charge in [-0.3, -0.25) is 0 Å². The molecular weight excluding hydrogens is 250 g/mol. The molecule has 4 nitrogen and oxygen atoms in total. The number of ether oxygens (including phenoxy) is 1. The number of rotatable bonds is 6. The van der Waals surface area contributed by atoms with Gasteiger partial charge in [0.05, 0.1) is 6.61 Å². The number of hydrogen-bond donors (Lipinski definition) is 1. The molecule has 112 valence electrons. The van der Waals surface area contributed by atoms with Gasteiger partial charge in [0.2, 0.25) is 0 Å². The van der Waals surface area contributed by atoms with Crippen LogP contribution < -0.4 is 10.1 Å². The van der Waals surface area contributed by atoms with Crippen molar-refractivity contribution in [2.45, 2.75) is 6.92 Å². The molecular formula is C16H27N3O. The quantitative estimate of drug-likeness (QED) is 0.860. The monoisotopic (exact) mass is 277 g/mol. The van der Waals surface area contributed by atoms with Gasteiger partial charge in [-0.25, -0.2) is 0 Å². The molecule has 1 heterocycles. The fraction of sp³-hybridized carbons (Fsp3) is 0.625. The van der Waals surface area contributed by atoms with E-state index in [2.05, 4.69) is 29.1 Å². The minimum Gasteiger partial charge on any atom is -0.493 e. The molecule has 1 aromatic rings. The van der Waals surface area contributed by atoms with Crippen molar-refractivity contribution in [1.82, 2.24) is 9.80 Å². The largest absolute Gasteiger partial charge is 0.493 e. The summed E-state index contributed by atoms with van der Waals surface area (Å²) in [6.07, 6.45) is 0. The molecule has 1 fully saturated rings. The van der Waals surface area contributed by atoms with E-state index in [0.29, 0.717) is 5.92 Å². The van der Waals surface area contributed by atoms with Gasteiger partial charge < -0.3 is 19.9 Å². The van der Waals surface area contributed by atoms with Gasteiger partial charge in [0.15, 0.2) is 0 Å². The van der Waals surface area contributed by atoms with Crippen molar-refractivity contribution in [3.8, 4) is 5.75 Å². The lowest BCUT2D eigenvalue weighted by atomic mass is 10.1. The first kappa shape index (κ1) is 15.1. The van der Waals surface area contributed by atoms with Crippen LogP contribution in [0, 0.1) is 5.92 Å². The molecule has 1 atom stereocenters. The van der Waals surface area contributed by atoms with E-state index in [-0.39, 0.29) is 0 Å². The van der Waals surface area contributed by atoms with Crippen molar-refractivity contribution < 1.29 is 4.74 Å². The average Bonchev–Trinajstić information content (AvgIpc) is 2.48. The van der Waals surface area contributed by atoms with Crippen LogP contribution in [-0.2, 0) is 0 Å². The fourth-order valence-electron chi connectivity index (χ4n) is 2.48. The Hall–Kier alpha value is -1.26. The molecule has 1 aromatic carbocycles. The molecule has 0 radical (unpaired) electrons. The maximum Gasteiger partial charge on any atom is 0.119 e. The molecule has 1 N–H and O–H groups in total. The number of likely N-dealkylation sites (N-methyl/N-ethyl adjacent to an activating group) is 1. The summed E-state index contributed by atoms with van der Waals surface area (Å²) in [5, 5.41) is 3.11. The van der Waals surface area contributed by atoms with Gasteiger partial charge in [0.1, 0.15) is 5.75 Å². The zero-order chi connectivity index (χ0) is 14.4.